The summed E-state index contributed by atoms with van der Waals surface area (Å²) < 4.78 is 25.5. The molecule has 0 atom stereocenters. The number of pyridine rings is 1. The molecule has 0 N–H and O–H groups in total. The third-order valence-electron chi connectivity index (χ3n) is 4.28. The molecule has 0 fully saturated rings. The van der Waals surface area contributed by atoms with E-state index in [1.807, 2.05) is 0 Å². The number of Topliss-reactive ketones (excluding diaryl/α,β-unsaturated/α-hetero) is 1. The predicted octanol–water partition coefficient (Wildman–Crippen LogP) is 2.82. The van der Waals surface area contributed by atoms with E-state index in [1.165, 1.54) is 22.8 Å². The number of carbonyl (C=O) groups is 1. The van der Waals surface area contributed by atoms with Gasteiger partial charge in [-0.1, -0.05) is 24.1 Å². The largest absolute Gasteiger partial charge is 0.317 e. The van der Waals surface area contributed by atoms with Gasteiger partial charge in [-0.05, 0) is 48.1 Å². The van der Waals surface area contributed by atoms with E-state index in [0.717, 1.165) is 6.26 Å². The fraction of sp³-hybridized carbons (Fsp3) is 0.143. The first-order chi connectivity index (χ1) is 12.7. The maximum Gasteiger partial charge on any atom is 0.258 e. The first kappa shape index (κ1) is 18.6. The van der Waals surface area contributed by atoms with Gasteiger partial charge in [-0.2, -0.15) is 0 Å². The molecule has 0 radical (unpaired) electrons. The van der Waals surface area contributed by atoms with Crippen molar-refractivity contribution in [1.82, 2.24) is 4.57 Å². The molecule has 3 aromatic rings. The summed E-state index contributed by atoms with van der Waals surface area (Å²) in [7, 11) is -1.86. The summed E-state index contributed by atoms with van der Waals surface area (Å²) in [5, 5.41) is 1.13. The van der Waals surface area contributed by atoms with Crippen molar-refractivity contribution in [3.05, 3.63) is 64.6 Å². The molecule has 3 rings (SSSR count). The summed E-state index contributed by atoms with van der Waals surface area (Å²) in [5.41, 5.74) is 1.15. The first-order valence-corrected chi connectivity index (χ1v) is 10.0. The maximum atomic E-state index is 12.5. The van der Waals surface area contributed by atoms with Gasteiger partial charge in [0, 0.05) is 36.0 Å². The van der Waals surface area contributed by atoms with E-state index in [-0.39, 0.29) is 10.5 Å². The molecule has 0 unspecified atom stereocenters. The van der Waals surface area contributed by atoms with Gasteiger partial charge >= 0.3 is 0 Å². The van der Waals surface area contributed by atoms with Crippen LogP contribution in [0.2, 0.25) is 0 Å². The van der Waals surface area contributed by atoms with E-state index in [0.29, 0.717) is 27.5 Å². The molecule has 0 spiro atoms. The predicted molar refractivity (Wildman–Crippen MR) is 106 cm³/mol. The van der Waals surface area contributed by atoms with Gasteiger partial charge < -0.3 is 4.57 Å². The molecule has 6 heteroatoms. The highest BCUT2D eigenvalue weighted by atomic mass is 32.2. The van der Waals surface area contributed by atoms with Crippen LogP contribution in [0.25, 0.3) is 21.9 Å². The topological polar surface area (TPSA) is 73.2 Å². The summed E-state index contributed by atoms with van der Waals surface area (Å²) in [4.78, 5) is 25.0. The van der Waals surface area contributed by atoms with Crippen molar-refractivity contribution in [2.45, 2.75) is 11.8 Å². The minimum atomic E-state index is -3.48. The number of aryl methyl sites for hydroxylation is 1. The molecule has 27 heavy (non-hydrogen) atoms. The first-order valence-electron chi connectivity index (χ1n) is 8.14. The fourth-order valence-electron chi connectivity index (χ4n) is 2.99. The number of ketones is 1. The van der Waals surface area contributed by atoms with Crippen LogP contribution in [-0.2, 0) is 16.9 Å². The zero-order valence-electron chi connectivity index (χ0n) is 15.1. The van der Waals surface area contributed by atoms with Crippen LogP contribution < -0.4 is 5.56 Å². The minimum Gasteiger partial charge on any atom is -0.317 e. The summed E-state index contributed by atoms with van der Waals surface area (Å²) in [6.45, 7) is 1.56. The van der Waals surface area contributed by atoms with Crippen molar-refractivity contribution >= 4 is 26.4 Å². The van der Waals surface area contributed by atoms with Gasteiger partial charge in [0.15, 0.2) is 9.84 Å². The monoisotopic (exact) mass is 379 g/mol. The third-order valence-corrected chi connectivity index (χ3v) is 5.39. The van der Waals surface area contributed by atoms with Crippen LogP contribution in [0.5, 0.6) is 0 Å². The standard InChI is InChI=1S/C21H17NO4S/c1-4-7-20(23)16-11-10-14(27(3,25)26)12-18(16)19-13-22(2)21(24)17-9-6-5-8-15(17)19/h5-6,8-13H,1-3H3. The van der Waals surface area contributed by atoms with Gasteiger partial charge in [-0.15, -0.1) is 0 Å². The van der Waals surface area contributed by atoms with Crippen LogP contribution in [0.1, 0.15) is 17.3 Å². The highest BCUT2D eigenvalue weighted by Crippen LogP contribution is 2.31. The number of hydrogen-bond donors (Lipinski definition) is 0. The van der Waals surface area contributed by atoms with Crippen LogP contribution >= 0.6 is 0 Å². The molecule has 5 nitrogen and oxygen atoms in total. The molecule has 0 aliphatic rings. The van der Waals surface area contributed by atoms with E-state index in [2.05, 4.69) is 11.8 Å². The zero-order chi connectivity index (χ0) is 19.8. The van der Waals surface area contributed by atoms with E-state index < -0.39 is 15.6 Å². The lowest BCUT2D eigenvalue weighted by atomic mass is 9.94. The number of fused-ring (bicyclic) bond motifs is 1. The van der Waals surface area contributed by atoms with E-state index >= 15 is 0 Å². The smallest absolute Gasteiger partial charge is 0.258 e. The molecule has 0 bridgehead atoms. The summed E-state index contributed by atoms with van der Waals surface area (Å²) in [6.07, 6.45) is 2.72. The van der Waals surface area contributed by atoms with Crippen molar-refractivity contribution in [2.75, 3.05) is 6.26 Å². The van der Waals surface area contributed by atoms with Gasteiger partial charge in [0.2, 0.25) is 5.78 Å². The Labute approximate surface area is 157 Å². The lowest BCUT2D eigenvalue weighted by molar-refractivity contribution is 0.105. The van der Waals surface area contributed by atoms with E-state index in [1.54, 1.807) is 44.4 Å². The molecule has 0 saturated heterocycles. The van der Waals surface area contributed by atoms with Gasteiger partial charge in [-0.3, -0.25) is 9.59 Å². The minimum absolute atomic E-state index is 0.0939. The molecule has 1 heterocycles. The maximum absolute atomic E-state index is 12.5. The van der Waals surface area contributed by atoms with Crippen molar-refractivity contribution in [2.24, 2.45) is 7.05 Å². The Bertz CT molecular complexity index is 1310. The molecule has 0 aliphatic carbocycles. The summed E-state index contributed by atoms with van der Waals surface area (Å²) in [5.74, 6) is 4.66. The van der Waals surface area contributed by atoms with Crippen LogP contribution in [-0.4, -0.2) is 25.0 Å². The number of nitrogens with zero attached hydrogens (tertiary/aromatic N) is 1. The van der Waals surface area contributed by atoms with Crippen molar-refractivity contribution in [3.63, 3.8) is 0 Å². The molecule has 0 saturated carbocycles. The number of sulfone groups is 1. The van der Waals surface area contributed by atoms with E-state index in [9.17, 15) is 18.0 Å². The van der Waals surface area contributed by atoms with Crippen molar-refractivity contribution < 1.29 is 13.2 Å². The van der Waals surface area contributed by atoms with Gasteiger partial charge in [0.1, 0.15) is 0 Å². The molecule has 0 amide bonds. The molecule has 136 valence electrons. The lowest BCUT2D eigenvalue weighted by Crippen LogP contribution is -2.17. The zero-order valence-corrected chi connectivity index (χ0v) is 15.9. The van der Waals surface area contributed by atoms with Crippen molar-refractivity contribution in [1.29, 1.82) is 0 Å². The normalized spacial score (nSPS) is 11.1. The SMILES string of the molecule is CC#CC(=O)c1ccc(S(C)(=O)=O)cc1-c1cn(C)c(=O)c2ccccc12. The molecular weight excluding hydrogens is 362 g/mol. The number of benzene rings is 2. The van der Waals surface area contributed by atoms with Crippen LogP contribution in [0.4, 0.5) is 0 Å². The van der Waals surface area contributed by atoms with Gasteiger partial charge in [0.25, 0.3) is 5.56 Å². The third kappa shape index (κ3) is 3.42. The second-order valence-corrected chi connectivity index (χ2v) is 8.20. The number of hydrogen-bond acceptors (Lipinski definition) is 4. The van der Waals surface area contributed by atoms with E-state index in [4.69, 9.17) is 0 Å². The molecule has 1 aromatic heterocycles. The van der Waals surface area contributed by atoms with Crippen molar-refractivity contribution in [3.8, 4) is 23.0 Å². The fourth-order valence-corrected chi connectivity index (χ4v) is 3.63. The van der Waals surface area contributed by atoms with Gasteiger partial charge in [0.05, 0.1) is 4.90 Å². The Morgan fingerprint density at radius 2 is 1.70 bits per heavy atom. The number of carbonyl (C=O) groups excluding carboxylic acids is 1. The average Bonchev–Trinajstić information content (AvgIpc) is 2.63. The quantitative estimate of drug-likeness (QED) is 0.398. The summed E-state index contributed by atoms with van der Waals surface area (Å²) >= 11 is 0. The average molecular weight is 379 g/mol. The highest BCUT2D eigenvalue weighted by Gasteiger charge is 2.18. The number of rotatable bonds is 3. The molecule has 0 aliphatic heterocycles. The van der Waals surface area contributed by atoms with Crippen LogP contribution in [0.3, 0.4) is 0 Å². The van der Waals surface area contributed by atoms with Gasteiger partial charge in [-0.25, -0.2) is 8.42 Å². The Kier molecular flexibility index (Phi) is 4.73. The Hall–Kier alpha value is -3.17. The summed E-state index contributed by atoms with van der Waals surface area (Å²) in [6, 6.07) is 11.4. The second-order valence-electron chi connectivity index (χ2n) is 6.19. The Morgan fingerprint density at radius 3 is 2.33 bits per heavy atom. The van der Waals surface area contributed by atoms with Crippen LogP contribution in [0.15, 0.2) is 58.4 Å². The molecular formula is C21H17NO4S. The second kappa shape index (κ2) is 6.86. The Balaban J connectivity index is 2.47. The highest BCUT2D eigenvalue weighted by molar-refractivity contribution is 7.90. The van der Waals surface area contributed by atoms with Crippen LogP contribution in [0, 0.1) is 11.8 Å². The lowest BCUT2D eigenvalue weighted by Gasteiger charge is -2.13. The Morgan fingerprint density at radius 1 is 1.04 bits per heavy atom. The molecule has 2 aromatic carbocycles. The number of aromatic nitrogens is 1.